The molecule has 0 unspecified atom stereocenters. The van der Waals surface area contributed by atoms with Gasteiger partial charge < -0.3 is 14.4 Å². The summed E-state index contributed by atoms with van der Waals surface area (Å²) in [4.78, 5) is 20.4. The van der Waals surface area contributed by atoms with Crippen LogP contribution in [0.15, 0.2) is 297 Å². The van der Waals surface area contributed by atoms with Gasteiger partial charge in [0.05, 0.1) is 11.0 Å². The van der Waals surface area contributed by atoms with Crippen molar-refractivity contribution in [2.24, 2.45) is 0 Å². The van der Waals surface area contributed by atoms with Crippen molar-refractivity contribution in [1.29, 1.82) is 0 Å². The van der Waals surface area contributed by atoms with E-state index in [0.29, 0.717) is 5.92 Å². The van der Waals surface area contributed by atoms with Crippen LogP contribution in [0.4, 0.5) is 34.1 Å². The van der Waals surface area contributed by atoms with Gasteiger partial charge in [-0.3, -0.25) is 0 Å². The van der Waals surface area contributed by atoms with E-state index in [4.69, 9.17) is 15.0 Å². The van der Waals surface area contributed by atoms with Gasteiger partial charge in [-0.2, -0.15) is 0 Å². The number of benzene rings is 13. The third-order valence-corrected chi connectivity index (χ3v) is 17.7. The van der Waals surface area contributed by atoms with Gasteiger partial charge in [0, 0.05) is 67.6 Å². The minimum atomic E-state index is 0.321. The molecule has 0 N–H and O–H groups in total. The highest BCUT2D eigenvalue weighted by atomic mass is 15.1. The third-order valence-electron chi connectivity index (χ3n) is 17.7. The summed E-state index contributed by atoms with van der Waals surface area (Å²) in [7, 11) is 0. The second kappa shape index (κ2) is 22.2. The van der Waals surface area contributed by atoms with E-state index in [1.807, 2.05) is 6.07 Å². The van der Waals surface area contributed by atoms with E-state index in [-0.39, 0.29) is 0 Å². The van der Waals surface area contributed by atoms with Gasteiger partial charge in [0.2, 0.25) is 0 Å². The van der Waals surface area contributed by atoms with Crippen molar-refractivity contribution < 1.29 is 0 Å². The molecule has 0 aliphatic heterocycles. The standard InChI is InChI=1S/C81H60N6/c1-7-21-57(22-8-1)79-82-80(58-23-9-2-10-24-58)84-81(83-79)61-39-47-71-69-33-19-20-34-70(69)72-48-46-68(54-74(72)73(71)53-61)87-77-49-40-59(55-35-42-66(43-36-55)85(62-25-11-3-12-26-62)63-27-13-4-14-28-63)51-75(77)76-52-60(41-50-78(76)87)56-37-44-67(45-38-56)86(64-29-15-5-16-30-64)65-31-17-6-18-32-65/h1,3-8,11-22,25-54,58H,2,9-10,23-24H2. The molecule has 0 bridgehead atoms. The zero-order valence-corrected chi connectivity index (χ0v) is 48.1. The van der Waals surface area contributed by atoms with Crippen molar-refractivity contribution in [1.82, 2.24) is 19.5 Å². The van der Waals surface area contributed by atoms with Crippen LogP contribution in [0, 0.1) is 0 Å². The number of para-hydroxylation sites is 4. The van der Waals surface area contributed by atoms with E-state index in [0.717, 1.165) is 120 Å². The Labute approximate surface area is 506 Å². The summed E-state index contributed by atoms with van der Waals surface area (Å²) in [5.74, 6) is 2.68. The van der Waals surface area contributed by atoms with E-state index in [1.54, 1.807) is 0 Å². The molecule has 1 aliphatic carbocycles. The molecule has 0 amide bonds. The molecule has 87 heavy (non-hydrogen) atoms. The minimum Gasteiger partial charge on any atom is -0.311 e. The average molecular weight is 1120 g/mol. The van der Waals surface area contributed by atoms with Gasteiger partial charge >= 0.3 is 0 Å². The van der Waals surface area contributed by atoms with Gasteiger partial charge in [-0.25, -0.2) is 15.0 Å². The molecule has 1 aliphatic rings. The Hall–Kier alpha value is -11.0. The Morgan fingerprint density at radius 1 is 0.264 bits per heavy atom. The lowest BCUT2D eigenvalue weighted by molar-refractivity contribution is 0.428. The summed E-state index contributed by atoms with van der Waals surface area (Å²) in [5, 5.41) is 9.56. The monoisotopic (exact) mass is 1120 g/mol. The van der Waals surface area contributed by atoms with Crippen LogP contribution in [-0.2, 0) is 0 Å². The molecule has 0 spiro atoms. The molecule has 0 saturated heterocycles. The van der Waals surface area contributed by atoms with Gasteiger partial charge in [-0.05, 0) is 183 Å². The zero-order valence-electron chi connectivity index (χ0n) is 48.1. The molecule has 414 valence electrons. The predicted molar refractivity (Wildman–Crippen MR) is 364 cm³/mol. The quantitative estimate of drug-likeness (QED) is 0.114. The Balaban J connectivity index is 0.856. The van der Waals surface area contributed by atoms with Gasteiger partial charge in [0.15, 0.2) is 11.6 Å². The maximum absolute atomic E-state index is 5.33. The van der Waals surface area contributed by atoms with Gasteiger partial charge in [0.1, 0.15) is 5.82 Å². The number of fused-ring (bicyclic) bond motifs is 9. The Morgan fingerprint density at radius 3 is 1.11 bits per heavy atom. The fourth-order valence-corrected chi connectivity index (χ4v) is 13.5. The van der Waals surface area contributed by atoms with E-state index < -0.39 is 0 Å². The lowest BCUT2D eigenvalue weighted by Crippen LogP contribution is -2.11. The summed E-state index contributed by atoms with van der Waals surface area (Å²) >= 11 is 0. The number of anilines is 6. The van der Waals surface area contributed by atoms with Gasteiger partial charge in [-0.15, -0.1) is 0 Å². The second-order valence-corrected chi connectivity index (χ2v) is 23.0. The van der Waals surface area contributed by atoms with E-state index in [2.05, 4.69) is 306 Å². The SMILES string of the molecule is c1ccc(-c2nc(-c3ccc4c5ccccc5c5ccc(-n6c7ccc(-c8ccc(N(c9ccccc9)c9ccccc9)cc8)cc7c7cc(-c8ccc(N(c9ccccc9)c9ccccc9)cc8)ccc76)cc5c4c3)nc(C3CCCCC3)n2)cc1. The van der Waals surface area contributed by atoms with Crippen LogP contribution in [0.5, 0.6) is 0 Å². The molecule has 2 heterocycles. The van der Waals surface area contributed by atoms with E-state index in [9.17, 15) is 0 Å². The zero-order chi connectivity index (χ0) is 57.6. The van der Waals surface area contributed by atoms with Crippen molar-refractivity contribution in [2.45, 2.75) is 38.0 Å². The van der Waals surface area contributed by atoms with Crippen molar-refractivity contribution >= 4 is 88.2 Å². The molecule has 6 heteroatoms. The first-order valence-electron chi connectivity index (χ1n) is 30.4. The molecule has 0 atom stereocenters. The summed E-state index contributed by atoms with van der Waals surface area (Å²) in [6.07, 6.45) is 5.88. The van der Waals surface area contributed by atoms with E-state index >= 15 is 0 Å². The van der Waals surface area contributed by atoms with Crippen LogP contribution in [0.25, 0.3) is 105 Å². The smallest absolute Gasteiger partial charge is 0.163 e. The second-order valence-electron chi connectivity index (χ2n) is 23.0. The number of nitrogens with zero attached hydrogens (tertiary/aromatic N) is 6. The largest absolute Gasteiger partial charge is 0.311 e. The maximum atomic E-state index is 5.33. The number of aromatic nitrogens is 4. The average Bonchev–Trinajstić information content (AvgIpc) is 1.84. The minimum absolute atomic E-state index is 0.321. The maximum Gasteiger partial charge on any atom is 0.163 e. The summed E-state index contributed by atoms with van der Waals surface area (Å²) in [6, 6.07) is 108. The number of hydrogen-bond acceptors (Lipinski definition) is 5. The van der Waals surface area contributed by atoms with Crippen molar-refractivity contribution in [3.05, 3.63) is 303 Å². The van der Waals surface area contributed by atoms with Crippen LogP contribution >= 0.6 is 0 Å². The fraction of sp³-hybridized carbons (Fsp3) is 0.0741. The fourth-order valence-electron chi connectivity index (χ4n) is 13.5. The Morgan fingerprint density at radius 2 is 0.632 bits per heavy atom. The third kappa shape index (κ3) is 9.62. The molecule has 2 aromatic heterocycles. The van der Waals surface area contributed by atoms with Crippen LogP contribution in [0.3, 0.4) is 0 Å². The molecule has 16 rings (SSSR count). The summed E-state index contributed by atoms with van der Waals surface area (Å²) in [5.41, 5.74) is 16.6. The lowest BCUT2D eigenvalue weighted by Gasteiger charge is -2.25. The van der Waals surface area contributed by atoms with Gasteiger partial charge in [0.25, 0.3) is 0 Å². The first kappa shape index (κ1) is 51.7. The normalized spacial score (nSPS) is 12.8. The first-order valence-corrected chi connectivity index (χ1v) is 30.4. The molecule has 6 nitrogen and oxygen atoms in total. The Bertz CT molecular complexity index is 4720. The highest BCUT2D eigenvalue weighted by molar-refractivity contribution is 6.26. The highest BCUT2D eigenvalue weighted by Crippen LogP contribution is 2.44. The molecule has 1 fully saturated rings. The van der Waals surface area contributed by atoms with Crippen molar-refractivity contribution in [3.8, 4) is 50.7 Å². The molecule has 13 aromatic carbocycles. The van der Waals surface area contributed by atoms with Gasteiger partial charge in [-0.1, -0.05) is 201 Å². The summed E-state index contributed by atoms with van der Waals surface area (Å²) < 4.78 is 2.47. The summed E-state index contributed by atoms with van der Waals surface area (Å²) in [6.45, 7) is 0. The van der Waals surface area contributed by atoms with Crippen molar-refractivity contribution in [2.75, 3.05) is 9.80 Å². The van der Waals surface area contributed by atoms with Crippen LogP contribution in [0.2, 0.25) is 0 Å². The Kier molecular flexibility index (Phi) is 13.2. The lowest BCUT2D eigenvalue weighted by atomic mass is 9.88. The highest BCUT2D eigenvalue weighted by Gasteiger charge is 2.23. The van der Waals surface area contributed by atoms with E-state index in [1.165, 1.54) is 57.0 Å². The topological polar surface area (TPSA) is 50.1 Å². The van der Waals surface area contributed by atoms with Crippen LogP contribution < -0.4 is 9.80 Å². The molecule has 1 saturated carbocycles. The van der Waals surface area contributed by atoms with Crippen LogP contribution in [-0.4, -0.2) is 19.5 Å². The number of rotatable bonds is 12. The molecule has 0 radical (unpaired) electrons. The van der Waals surface area contributed by atoms with Crippen molar-refractivity contribution in [3.63, 3.8) is 0 Å². The van der Waals surface area contributed by atoms with Crippen LogP contribution in [0.1, 0.15) is 43.8 Å². The predicted octanol–water partition coefficient (Wildman–Crippen LogP) is 22.1. The molecular weight excluding hydrogens is 1060 g/mol. The first-order chi connectivity index (χ1) is 43.1. The molecule has 15 aromatic rings. The molecular formula is C81H60N6. The number of hydrogen-bond donors (Lipinski definition) is 0.